The van der Waals surface area contributed by atoms with Gasteiger partial charge in [-0.05, 0) is 45.2 Å². The first-order valence-electron chi connectivity index (χ1n) is 8.29. The molecule has 2 aliphatic heterocycles. The molecule has 20 heavy (non-hydrogen) atoms. The van der Waals surface area contributed by atoms with Gasteiger partial charge in [0.2, 0.25) is 5.91 Å². The molecule has 2 aliphatic rings. The van der Waals surface area contributed by atoms with Gasteiger partial charge in [-0.15, -0.1) is 0 Å². The number of nitrogens with zero attached hydrogens (tertiary/aromatic N) is 2. The molecule has 0 aromatic rings. The summed E-state index contributed by atoms with van der Waals surface area (Å²) in [5.41, 5.74) is 0. The molecule has 116 valence electrons. The minimum absolute atomic E-state index is 0.0360. The van der Waals surface area contributed by atoms with E-state index in [1.54, 1.807) is 0 Å². The molecule has 0 radical (unpaired) electrons. The second-order valence-electron chi connectivity index (χ2n) is 6.89. The molecule has 4 nitrogen and oxygen atoms in total. The Bertz CT molecular complexity index is 332. The molecular formula is C16H31N3O. The molecule has 1 N–H and O–H groups in total. The van der Waals surface area contributed by atoms with Crippen LogP contribution < -0.4 is 5.32 Å². The fourth-order valence-electron chi connectivity index (χ4n) is 3.54. The molecule has 4 heteroatoms. The highest BCUT2D eigenvalue weighted by atomic mass is 16.2. The zero-order valence-corrected chi connectivity index (χ0v) is 13.6. The molecule has 0 aliphatic carbocycles. The topological polar surface area (TPSA) is 35.6 Å². The second-order valence-corrected chi connectivity index (χ2v) is 6.89. The number of piperidine rings is 1. The Balaban J connectivity index is 1.99. The van der Waals surface area contributed by atoms with Crippen LogP contribution in [0.25, 0.3) is 0 Å². The summed E-state index contributed by atoms with van der Waals surface area (Å²) in [6.07, 6.45) is 6.01. The van der Waals surface area contributed by atoms with Crippen molar-refractivity contribution >= 4 is 5.91 Å². The van der Waals surface area contributed by atoms with Gasteiger partial charge in [-0.1, -0.05) is 27.2 Å². The van der Waals surface area contributed by atoms with Gasteiger partial charge in [0.15, 0.2) is 0 Å². The Morgan fingerprint density at radius 1 is 1.35 bits per heavy atom. The monoisotopic (exact) mass is 281 g/mol. The van der Waals surface area contributed by atoms with E-state index in [2.05, 4.69) is 42.9 Å². The third kappa shape index (κ3) is 3.53. The van der Waals surface area contributed by atoms with E-state index < -0.39 is 0 Å². The van der Waals surface area contributed by atoms with Crippen molar-refractivity contribution < 1.29 is 4.79 Å². The van der Waals surface area contributed by atoms with Crippen LogP contribution in [-0.2, 0) is 4.79 Å². The SMILES string of the molecule is CCC1NC(CC(C)C)C(=O)N1CC1CCCCN1C. The van der Waals surface area contributed by atoms with E-state index >= 15 is 0 Å². The molecule has 0 bridgehead atoms. The number of carbonyl (C=O) groups is 1. The number of hydrogen-bond donors (Lipinski definition) is 1. The van der Waals surface area contributed by atoms with Crippen LogP contribution in [0.1, 0.15) is 52.9 Å². The average molecular weight is 281 g/mol. The van der Waals surface area contributed by atoms with Crippen LogP contribution >= 0.6 is 0 Å². The van der Waals surface area contributed by atoms with Crippen molar-refractivity contribution in [1.29, 1.82) is 0 Å². The molecular weight excluding hydrogens is 250 g/mol. The van der Waals surface area contributed by atoms with Gasteiger partial charge in [0.1, 0.15) is 0 Å². The summed E-state index contributed by atoms with van der Waals surface area (Å²) in [6.45, 7) is 8.61. The van der Waals surface area contributed by atoms with Crippen molar-refractivity contribution in [3.05, 3.63) is 0 Å². The minimum Gasteiger partial charge on any atom is -0.324 e. The van der Waals surface area contributed by atoms with Crippen molar-refractivity contribution in [3.8, 4) is 0 Å². The molecule has 3 unspecified atom stereocenters. The first-order chi connectivity index (χ1) is 9.52. The highest BCUT2D eigenvalue weighted by Gasteiger charge is 2.39. The first kappa shape index (κ1) is 15.8. The van der Waals surface area contributed by atoms with Gasteiger partial charge in [-0.3, -0.25) is 10.1 Å². The summed E-state index contributed by atoms with van der Waals surface area (Å²) in [5, 5.41) is 3.53. The molecule has 0 spiro atoms. The molecule has 2 heterocycles. The number of likely N-dealkylation sites (tertiary alicyclic amines) is 1. The fourth-order valence-corrected chi connectivity index (χ4v) is 3.54. The molecule has 2 fully saturated rings. The van der Waals surface area contributed by atoms with Crippen molar-refractivity contribution in [2.24, 2.45) is 5.92 Å². The molecule has 1 amide bonds. The number of carbonyl (C=O) groups excluding carboxylic acids is 1. The standard InChI is InChI=1S/C16H31N3O/c1-5-15-17-14(10-12(2)3)16(20)19(15)11-13-8-6-7-9-18(13)4/h12-15,17H,5-11H2,1-4H3. The van der Waals surface area contributed by atoms with Crippen molar-refractivity contribution in [3.63, 3.8) is 0 Å². The number of rotatable bonds is 5. The van der Waals surface area contributed by atoms with Crippen LogP contribution in [-0.4, -0.2) is 54.1 Å². The lowest BCUT2D eigenvalue weighted by Gasteiger charge is -2.36. The van der Waals surface area contributed by atoms with E-state index in [-0.39, 0.29) is 12.2 Å². The minimum atomic E-state index is 0.0360. The lowest BCUT2D eigenvalue weighted by atomic mass is 10.0. The zero-order valence-electron chi connectivity index (χ0n) is 13.6. The van der Waals surface area contributed by atoms with Gasteiger partial charge in [0.05, 0.1) is 12.2 Å². The predicted molar refractivity (Wildman–Crippen MR) is 82.4 cm³/mol. The molecule has 3 atom stereocenters. The van der Waals surface area contributed by atoms with Crippen LogP contribution in [0, 0.1) is 5.92 Å². The normalized spacial score (nSPS) is 32.4. The van der Waals surface area contributed by atoms with Gasteiger partial charge < -0.3 is 9.80 Å². The van der Waals surface area contributed by atoms with Gasteiger partial charge in [-0.25, -0.2) is 0 Å². The molecule has 2 saturated heterocycles. The van der Waals surface area contributed by atoms with E-state index in [4.69, 9.17) is 0 Å². The Morgan fingerprint density at radius 3 is 2.70 bits per heavy atom. The highest BCUT2D eigenvalue weighted by molar-refractivity contribution is 5.84. The maximum Gasteiger partial charge on any atom is 0.241 e. The van der Waals surface area contributed by atoms with Gasteiger partial charge in [-0.2, -0.15) is 0 Å². The third-order valence-corrected chi connectivity index (χ3v) is 4.77. The fraction of sp³-hybridized carbons (Fsp3) is 0.938. The van der Waals surface area contributed by atoms with Gasteiger partial charge >= 0.3 is 0 Å². The summed E-state index contributed by atoms with van der Waals surface area (Å²) in [6, 6.07) is 0.579. The Hall–Kier alpha value is -0.610. The van der Waals surface area contributed by atoms with Gasteiger partial charge in [0.25, 0.3) is 0 Å². The van der Waals surface area contributed by atoms with Crippen LogP contribution in [0.4, 0.5) is 0 Å². The van der Waals surface area contributed by atoms with Crippen LogP contribution in [0.5, 0.6) is 0 Å². The number of nitrogens with one attached hydrogen (secondary N) is 1. The van der Waals surface area contributed by atoms with Crippen LogP contribution in [0.15, 0.2) is 0 Å². The Morgan fingerprint density at radius 2 is 2.10 bits per heavy atom. The van der Waals surface area contributed by atoms with E-state index in [1.807, 2.05) is 0 Å². The molecule has 0 aromatic carbocycles. The van der Waals surface area contributed by atoms with E-state index in [9.17, 15) is 4.79 Å². The van der Waals surface area contributed by atoms with Crippen molar-refractivity contribution in [1.82, 2.24) is 15.1 Å². The average Bonchev–Trinajstić information content (AvgIpc) is 2.69. The van der Waals surface area contributed by atoms with E-state index in [1.165, 1.54) is 25.8 Å². The predicted octanol–water partition coefficient (Wildman–Crippen LogP) is 2.05. The highest BCUT2D eigenvalue weighted by Crippen LogP contribution is 2.22. The van der Waals surface area contributed by atoms with Gasteiger partial charge in [0, 0.05) is 12.6 Å². The number of amides is 1. The lowest BCUT2D eigenvalue weighted by molar-refractivity contribution is -0.131. The van der Waals surface area contributed by atoms with E-state index in [0.29, 0.717) is 17.9 Å². The van der Waals surface area contributed by atoms with Crippen LogP contribution in [0.2, 0.25) is 0 Å². The summed E-state index contributed by atoms with van der Waals surface area (Å²) in [4.78, 5) is 17.2. The smallest absolute Gasteiger partial charge is 0.241 e. The summed E-state index contributed by atoms with van der Waals surface area (Å²) in [5.74, 6) is 0.885. The Labute approximate surface area is 123 Å². The zero-order chi connectivity index (χ0) is 14.7. The van der Waals surface area contributed by atoms with Crippen molar-refractivity contribution in [2.45, 2.75) is 71.1 Å². The quantitative estimate of drug-likeness (QED) is 0.838. The largest absolute Gasteiger partial charge is 0.324 e. The summed E-state index contributed by atoms with van der Waals surface area (Å²) < 4.78 is 0. The first-order valence-corrected chi connectivity index (χ1v) is 8.29. The molecule has 0 aromatic heterocycles. The number of likely N-dealkylation sites (N-methyl/N-ethyl adjacent to an activating group) is 1. The van der Waals surface area contributed by atoms with Crippen molar-refractivity contribution in [2.75, 3.05) is 20.1 Å². The summed E-state index contributed by atoms with van der Waals surface area (Å²) >= 11 is 0. The Kier molecular flexibility index (Phi) is 5.44. The maximum atomic E-state index is 12.6. The number of hydrogen-bond acceptors (Lipinski definition) is 3. The van der Waals surface area contributed by atoms with E-state index in [0.717, 1.165) is 19.4 Å². The third-order valence-electron chi connectivity index (χ3n) is 4.77. The summed E-state index contributed by atoms with van der Waals surface area (Å²) in [7, 11) is 2.20. The second kappa shape index (κ2) is 6.90. The van der Waals surface area contributed by atoms with Crippen LogP contribution in [0.3, 0.4) is 0 Å². The lowest BCUT2D eigenvalue weighted by Crippen LogP contribution is -2.48. The molecule has 2 rings (SSSR count). The maximum absolute atomic E-state index is 12.6. The molecule has 0 saturated carbocycles.